The minimum absolute atomic E-state index is 0.240. The zero-order valence-corrected chi connectivity index (χ0v) is 12.4. The van der Waals surface area contributed by atoms with Crippen molar-refractivity contribution in [3.63, 3.8) is 0 Å². The largest absolute Gasteiger partial charge is 0.355 e. The van der Waals surface area contributed by atoms with Crippen LogP contribution in [0.2, 0.25) is 0 Å². The predicted molar refractivity (Wildman–Crippen MR) is 75.4 cm³/mol. The van der Waals surface area contributed by atoms with E-state index in [1.807, 2.05) is 0 Å². The lowest BCUT2D eigenvalue weighted by Gasteiger charge is -2.20. The summed E-state index contributed by atoms with van der Waals surface area (Å²) in [6, 6.07) is 4.80. The van der Waals surface area contributed by atoms with E-state index >= 15 is 0 Å². The number of hydrogen-bond acceptors (Lipinski definition) is 4. The van der Waals surface area contributed by atoms with Crippen molar-refractivity contribution in [1.29, 1.82) is 0 Å². The van der Waals surface area contributed by atoms with Crippen LogP contribution in [0.15, 0.2) is 18.2 Å². The molecule has 1 aromatic carbocycles. The van der Waals surface area contributed by atoms with Crippen LogP contribution in [0.4, 0.5) is 9.57 Å². The molecule has 1 saturated heterocycles. The lowest BCUT2D eigenvalue weighted by molar-refractivity contribution is -0.117. The number of nitrogens with zero attached hydrogens (tertiary/aromatic N) is 1. The summed E-state index contributed by atoms with van der Waals surface area (Å²) in [6.07, 6.45) is -0.386. The zero-order chi connectivity index (χ0) is 15.8. The molecule has 0 saturated carbocycles. The second-order valence-corrected chi connectivity index (χ2v) is 6.45. The molecule has 21 heavy (non-hydrogen) atoms. The molecule has 1 aliphatic rings. The summed E-state index contributed by atoms with van der Waals surface area (Å²) in [7, 11) is -3.27. The van der Waals surface area contributed by atoms with Crippen LogP contribution >= 0.6 is 0 Å². The van der Waals surface area contributed by atoms with Gasteiger partial charge < -0.3 is 10.2 Å². The van der Waals surface area contributed by atoms with E-state index in [0.717, 1.165) is 0 Å². The Kier molecular flexibility index (Phi) is 3.99. The molecule has 1 aliphatic heterocycles. The summed E-state index contributed by atoms with van der Waals surface area (Å²) >= 11 is 0. The number of nitrogens with one attached hydrogen (secondary N) is 1. The molecule has 1 atom stereocenters. The van der Waals surface area contributed by atoms with Crippen LogP contribution in [0.25, 0.3) is 0 Å². The van der Waals surface area contributed by atoms with Crippen molar-refractivity contribution >= 4 is 27.7 Å². The van der Waals surface area contributed by atoms with E-state index in [1.54, 1.807) is 25.1 Å². The fraction of sp³-hybridized carbons (Fsp3) is 0.385. The van der Waals surface area contributed by atoms with Crippen LogP contribution in [-0.2, 0) is 15.0 Å². The Morgan fingerprint density at radius 1 is 1.43 bits per heavy atom. The first-order chi connectivity index (χ1) is 9.75. The molecule has 1 fully saturated rings. The van der Waals surface area contributed by atoms with Gasteiger partial charge in [0.25, 0.3) is 5.91 Å². The third-order valence-electron chi connectivity index (χ3n) is 3.56. The van der Waals surface area contributed by atoms with E-state index < -0.39 is 21.4 Å². The number of amides is 2. The Balaban J connectivity index is 2.40. The number of rotatable bonds is 3. The third kappa shape index (κ3) is 2.90. The second kappa shape index (κ2) is 5.44. The van der Waals surface area contributed by atoms with Crippen LogP contribution < -0.4 is 10.2 Å². The van der Waals surface area contributed by atoms with Gasteiger partial charge in [0.05, 0.1) is 0 Å². The Morgan fingerprint density at radius 2 is 2.10 bits per heavy atom. The molecular weight excluding hydrogens is 299 g/mol. The van der Waals surface area contributed by atoms with Gasteiger partial charge in [-0.3, -0.25) is 9.59 Å². The summed E-state index contributed by atoms with van der Waals surface area (Å²) in [4.78, 5) is 24.9. The summed E-state index contributed by atoms with van der Waals surface area (Å²) in [5.74, 6) is -0.783. The number of carbonyl (C=O) groups is 2. The average Bonchev–Trinajstić information content (AvgIpc) is 2.80. The third-order valence-corrected chi connectivity index (χ3v) is 4.67. The minimum Gasteiger partial charge on any atom is -0.355 e. The van der Waals surface area contributed by atoms with E-state index in [9.17, 15) is 21.9 Å². The van der Waals surface area contributed by atoms with Gasteiger partial charge in [0.2, 0.25) is 5.91 Å². The lowest BCUT2D eigenvalue weighted by atomic mass is 10.1. The molecule has 1 heterocycles. The number of benzene rings is 1. The summed E-state index contributed by atoms with van der Waals surface area (Å²) in [6.45, 7) is 1.42. The van der Waals surface area contributed by atoms with Gasteiger partial charge in [-0.15, -0.1) is 3.89 Å². The maximum Gasteiger partial charge on any atom is 0.307 e. The maximum atomic E-state index is 13.0. The van der Waals surface area contributed by atoms with Gasteiger partial charge in [0.15, 0.2) is 0 Å². The quantitative estimate of drug-likeness (QED) is 0.835. The monoisotopic (exact) mass is 314 g/mol. The molecule has 0 aromatic heterocycles. The molecule has 2 amide bonds. The molecule has 0 radical (unpaired) electrons. The van der Waals surface area contributed by atoms with E-state index in [2.05, 4.69) is 5.32 Å². The topological polar surface area (TPSA) is 83.6 Å². The highest BCUT2D eigenvalue weighted by molar-refractivity contribution is 7.87. The Hall–Kier alpha value is -1.96. The van der Waals surface area contributed by atoms with Crippen LogP contribution in [0.3, 0.4) is 0 Å². The first kappa shape index (κ1) is 15.4. The zero-order valence-electron chi connectivity index (χ0n) is 11.6. The fourth-order valence-electron chi connectivity index (χ4n) is 2.39. The van der Waals surface area contributed by atoms with Crippen LogP contribution in [0.5, 0.6) is 0 Å². The molecule has 1 aromatic rings. The second-order valence-electron chi connectivity index (χ2n) is 4.83. The van der Waals surface area contributed by atoms with E-state index in [1.165, 1.54) is 11.9 Å². The van der Waals surface area contributed by atoms with Crippen molar-refractivity contribution in [2.75, 3.05) is 18.5 Å². The molecule has 1 unspecified atom stereocenters. The molecule has 8 heteroatoms. The number of anilines is 1. The first-order valence-electron chi connectivity index (χ1n) is 6.31. The molecular formula is C13H15FN2O4S. The first-order valence-corrected chi connectivity index (χ1v) is 7.76. The molecule has 6 nitrogen and oxygen atoms in total. The Morgan fingerprint density at radius 3 is 2.62 bits per heavy atom. The minimum atomic E-state index is -4.76. The molecule has 1 N–H and O–H groups in total. The SMILES string of the molecule is CNC(=O)c1cccc(N2CC(S(=O)(=O)F)CC2=O)c1C. The maximum absolute atomic E-state index is 13.0. The molecule has 114 valence electrons. The van der Waals surface area contributed by atoms with Crippen LogP contribution in [0, 0.1) is 6.92 Å². The van der Waals surface area contributed by atoms with Gasteiger partial charge in [0, 0.05) is 31.3 Å². The van der Waals surface area contributed by atoms with Crippen molar-refractivity contribution < 1.29 is 21.9 Å². The normalized spacial score (nSPS) is 18.9. The van der Waals surface area contributed by atoms with Crippen molar-refractivity contribution in [3.05, 3.63) is 29.3 Å². The van der Waals surface area contributed by atoms with Gasteiger partial charge in [-0.1, -0.05) is 6.07 Å². The van der Waals surface area contributed by atoms with Crippen molar-refractivity contribution in [1.82, 2.24) is 5.32 Å². The number of hydrogen-bond donors (Lipinski definition) is 1. The number of halogens is 1. The van der Waals surface area contributed by atoms with E-state index in [0.29, 0.717) is 16.8 Å². The Labute approximate surface area is 122 Å². The lowest BCUT2D eigenvalue weighted by Crippen LogP contribution is -2.28. The smallest absolute Gasteiger partial charge is 0.307 e. The Bertz CT molecular complexity index is 702. The number of carbonyl (C=O) groups excluding carboxylic acids is 2. The van der Waals surface area contributed by atoms with Crippen LogP contribution in [0.1, 0.15) is 22.3 Å². The van der Waals surface area contributed by atoms with Crippen molar-refractivity contribution in [3.8, 4) is 0 Å². The molecule has 0 bridgehead atoms. The van der Waals surface area contributed by atoms with E-state index in [-0.39, 0.29) is 18.9 Å². The van der Waals surface area contributed by atoms with Gasteiger partial charge >= 0.3 is 10.2 Å². The molecule has 2 rings (SSSR count). The van der Waals surface area contributed by atoms with E-state index in [4.69, 9.17) is 0 Å². The average molecular weight is 314 g/mol. The highest BCUT2D eigenvalue weighted by Crippen LogP contribution is 2.29. The van der Waals surface area contributed by atoms with Crippen molar-refractivity contribution in [2.45, 2.75) is 18.6 Å². The van der Waals surface area contributed by atoms with Crippen molar-refractivity contribution in [2.24, 2.45) is 0 Å². The highest BCUT2D eigenvalue weighted by Gasteiger charge is 2.39. The summed E-state index contributed by atoms with van der Waals surface area (Å²) in [5.41, 5.74) is 1.35. The van der Waals surface area contributed by atoms with Gasteiger partial charge in [0.1, 0.15) is 5.25 Å². The van der Waals surface area contributed by atoms with Gasteiger partial charge in [-0.25, -0.2) is 0 Å². The molecule has 0 spiro atoms. The standard InChI is InChI=1S/C13H15FN2O4S/c1-8-10(13(18)15-2)4-3-5-11(8)16-7-9(6-12(16)17)21(14,19)20/h3-5,9H,6-7H2,1-2H3,(H,15,18). The van der Waals surface area contributed by atoms with Gasteiger partial charge in [-0.2, -0.15) is 8.42 Å². The summed E-state index contributed by atoms with van der Waals surface area (Å²) < 4.78 is 35.0. The molecule has 0 aliphatic carbocycles. The fourth-order valence-corrected chi connectivity index (χ4v) is 3.06. The highest BCUT2D eigenvalue weighted by atomic mass is 32.3. The van der Waals surface area contributed by atoms with Crippen LogP contribution in [-0.4, -0.2) is 39.1 Å². The predicted octanol–water partition coefficient (Wildman–Crippen LogP) is 0.759. The summed E-state index contributed by atoms with van der Waals surface area (Å²) in [5, 5.41) is 1.13. The van der Waals surface area contributed by atoms with Gasteiger partial charge in [-0.05, 0) is 24.6 Å².